The molecule has 2 fully saturated rings. The zero-order valence-corrected chi connectivity index (χ0v) is 15.4. The Morgan fingerprint density at radius 3 is 2.67 bits per heavy atom. The fraction of sp³-hybridized carbons (Fsp3) is 0.714. The third-order valence-electron chi connectivity index (χ3n) is 6.19. The molecule has 3 heteroatoms. The highest BCUT2D eigenvalue weighted by Gasteiger charge is 2.31. The van der Waals surface area contributed by atoms with Crippen LogP contribution in [0.5, 0.6) is 0 Å². The van der Waals surface area contributed by atoms with Crippen LogP contribution in [0.3, 0.4) is 0 Å². The van der Waals surface area contributed by atoms with Gasteiger partial charge >= 0.3 is 0 Å². The van der Waals surface area contributed by atoms with Gasteiger partial charge in [0.1, 0.15) is 5.82 Å². The third-order valence-corrected chi connectivity index (χ3v) is 6.19. The molecule has 0 bridgehead atoms. The summed E-state index contributed by atoms with van der Waals surface area (Å²) in [6.45, 7) is 7.13. The molecule has 1 unspecified atom stereocenters. The van der Waals surface area contributed by atoms with Crippen LogP contribution < -0.4 is 0 Å². The zero-order chi connectivity index (χ0) is 16.9. The fourth-order valence-corrected chi connectivity index (χ4v) is 4.84. The maximum atomic E-state index is 13.6. The van der Waals surface area contributed by atoms with E-state index in [0.717, 1.165) is 6.04 Å². The molecule has 2 nitrogen and oxygen atoms in total. The van der Waals surface area contributed by atoms with Gasteiger partial charge in [-0.1, -0.05) is 25.5 Å². The highest BCUT2D eigenvalue weighted by molar-refractivity contribution is 5.22. The van der Waals surface area contributed by atoms with Gasteiger partial charge < -0.3 is 9.80 Å². The lowest BCUT2D eigenvalue weighted by atomic mass is 9.88. The van der Waals surface area contributed by atoms with E-state index in [1.165, 1.54) is 70.3 Å². The molecule has 0 N–H and O–H groups in total. The normalized spacial score (nSPS) is 26.3. The highest BCUT2D eigenvalue weighted by atomic mass is 19.1. The molecule has 0 spiro atoms. The van der Waals surface area contributed by atoms with Gasteiger partial charge in [0.25, 0.3) is 0 Å². The van der Waals surface area contributed by atoms with Crippen LogP contribution in [0, 0.1) is 11.7 Å². The van der Waals surface area contributed by atoms with Crippen molar-refractivity contribution in [2.75, 3.05) is 33.2 Å². The van der Waals surface area contributed by atoms with E-state index in [2.05, 4.69) is 29.8 Å². The minimum atomic E-state index is -0.0853. The van der Waals surface area contributed by atoms with Crippen LogP contribution in [-0.2, 0) is 0 Å². The van der Waals surface area contributed by atoms with Gasteiger partial charge in [0.15, 0.2) is 0 Å². The lowest BCUT2D eigenvalue weighted by molar-refractivity contribution is 0.114. The molecule has 1 aliphatic carbocycles. The van der Waals surface area contributed by atoms with Gasteiger partial charge in [-0.3, -0.25) is 0 Å². The first kappa shape index (κ1) is 17.9. The van der Waals surface area contributed by atoms with Gasteiger partial charge in [-0.25, -0.2) is 4.39 Å². The molecule has 1 aromatic carbocycles. The second-order valence-electron chi connectivity index (χ2n) is 7.86. The van der Waals surface area contributed by atoms with E-state index >= 15 is 0 Å². The fourth-order valence-electron chi connectivity index (χ4n) is 4.84. The van der Waals surface area contributed by atoms with Crippen LogP contribution in [-0.4, -0.2) is 49.1 Å². The van der Waals surface area contributed by atoms with Crippen molar-refractivity contribution in [3.05, 3.63) is 35.6 Å². The minimum Gasteiger partial charge on any atom is -0.303 e. The maximum Gasteiger partial charge on any atom is 0.123 e. The van der Waals surface area contributed by atoms with Gasteiger partial charge in [-0.05, 0) is 88.3 Å². The van der Waals surface area contributed by atoms with Crippen LogP contribution in [0.2, 0.25) is 0 Å². The molecule has 1 aromatic rings. The summed E-state index contributed by atoms with van der Waals surface area (Å²) in [4.78, 5) is 5.21. The summed E-state index contributed by atoms with van der Waals surface area (Å²) >= 11 is 0. The molecule has 1 aliphatic heterocycles. The largest absolute Gasteiger partial charge is 0.303 e. The smallest absolute Gasteiger partial charge is 0.123 e. The van der Waals surface area contributed by atoms with Crippen molar-refractivity contribution in [3.8, 4) is 0 Å². The molecule has 0 radical (unpaired) electrons. The summed E-state index contributed by atoms with van der Waals surface area (Å²) in [7, 11) is 2.28. The van der Waals surface area contributed by atoms with Crippen molar-refractivity contribution < 1.29 is 4.39 Å². The Morgan fingerprint density at radius 1 is 1.17 bits per heavy atom. The maximum absolute atomic E-state index is 13.6. The highest BCUT2D eigenvalue weighted by Crippen LogP contribution is 2.40. The summed E-state index contributed by atoms with van der Waals surface area (Å²) in [5, 5.41) is 0. The van der Waals surface area contributed by atoms with Gasteiger partial charge in [-0.2, -0.15) is 0 Å². The van der Waals surface area contributed by atoms with Crippen LogP contribution >= 0.6 is 0 Å². The van der Waals surface area contributed by atoms with E-state index in [9.17, 15) is 4.39 Å². The number of rotatable bonds is 6. The predicted molar refractivity (Wildman–Crippen MR) is 98.9 cm³/mol. The molecule has 2 aliphatic rings. The number of halogens is 1. The Balaban J connectivity index is 1.53. The summed E-state index contributed by atoms with van der Waals surface area (Å²) < 4.78 is 13.6. The molecule has 1 saturated carbocycles. The molecule has 1 saturated heterocycles. The third kappa shape index (κ3) is 4.37. The van der Waals surface area contributed by atoms with Crippen molar-refractivity contribution >= 4 is 0 Å². The van der Waals surface area contributed by atoms with Crippen molar-refractivity contribution in [2.24, 2.45) is 5.92 Å². The Bertz CT molecular complexity index is 510. The molecular weight excluding hydrogens is 299 g/mol. The first-order valence-electron chi connectivity index (χ1n) is 9.85. The van der Waals surface area contributed by atoms with Gasteiger partial charge in [-0.15, -0.1) is 0 Å². The molecule has 2 atom stereocenters. The number of hydrogen-bond acceptors (Lipinski definition) is 2. The molecule has 1 heterocycles. The van der Waals surface area contributed by atoms with Crippen LogP contribution in [0.15, 0.2) is 24.3 Å². The second kappa shape index (κ2) is 8.44. The number of nitrogens with zero attached hydrogens (tertiary/aromatic N) is 2. The average Bonchev–Trinajstić information content (AvgIpc) is 3.04. The Labute approximate surface area is 147 Å². The topological polar surface area (TPSA) is 6.48 Å². The molecule has 134 valence electrons. The summed E-state index contributed by atoms with van der Waals surface area (Å²) in [5.74, 6) is 1.18. The Kier molecular flexibility index (Phi) is 6.29. The van der Waals surface area contributed by atoms with E-state index < -0.39 is 0 Å². The first-order chi connectivity index (χ1) is 11.7. The van der Waals surface area contributed by atoms with E-state index in [1.54, 1.807) is 12.1 Å². The summed E-state index contributed by atoms with van der Waals surface area (Å²) in [6.07, 6.45) is 7.66. The van der Waals surface area contributed by atoms with E-state index in [1.807, 2.05) is 6.07 Å². The van der Waals surface area contributed by atoms with Gasteiger partial charge in [0.2, 0.25) is 0 Å². The number of likely N-dealkylation sites (tertiary alicyclic amines) is 1. The van der Waals surface area contributed by atoms with E-state index in [4.69, 9.17) is 0 Å². The SMILES string of the molecule is CCCN(C)C1CCN(C[C@H]2CCCC2c2cccc(F)c2)CC1. The lowest BCUT2D eigenvalue weighted by Gasteiger charge is -2.38. The predicted octanol–water partition coefficient (Wildman–Crippen LogP) is 4.52. The lowest BCUT2D eigenvalue weighted by Crippen LogP contribution is -2.45. The number of benzene rings is 1. The zero-order valence-electron chi connectivity index (χ0n) is 15.4. The van der Waals surface area contributed by atoms with Crippen molar-refractivity contribution in [1.29, 1.82) is 0 Å². The molecule has 0 aromatic heterocycles. The minimum absolute atomic E-state index is 0.0853. The Morgan fingerprint density at radius 2 is 1.96 bits per heavy atom. The molecule has 3 rings (SSSR count). The van der Waals surface area contributed by atoms with Crippen LogP contribution in [0.25, 0.3) is 0 Å². The molecule has 0 amide bonds. The standard InChI is InChI=1S/C21H33FN2/c1-3-12-23(2)20-10-13-24(14-11-20)16-18-7-5-9-21(18)17-6-4-8-19(22)15-17/h4,6,8,15,18,20-21H,3,5,7,9-14,16H2,1-2H3/t18-,21?/m1/s1. The Hall–Kier alpha value is -0.930. The van der Waals surface area contributed by atoms with Crippen LogP contribution in [0.1, 0.15) is 56.9 Å². The van der Waals surface area contributed by atoms with E-state index in [-0.39, 0.29) is 5.82 Å². The quantitative estimate of drug-likeness (QED) is 0.756. The molecule has 24 heavy (non-hydrogen) atoms. The van der Waals surface area contributed by atoms with Gasteiger partial charge in [0, 0.05) is 12.6 Å². The molecular formula is C21H33FN2. The summed E-state index contributed by atoms with van der Waals surface area (Å²) in [6, 6.07) is 8.08. The van der Waals surface area contributed by atoms with Crippen molar-refractivity contribution in [1.82, 2.24) is 9.80 Å². The second-order valence-corrected chi connectivity index (χ2v) is 7.86. The van der Waals surface area contributed by atoms with E-state index in [0.29, 0.717) is 11.8 Å². The first-order valence-corrected chi connectivity index (χ1v) is 9.85. The number of hydrogen-bond donors (Lipinski definition) is 0. The van der Waals surface area contributed by atoms with Crippen LogP contribution in [0.4, 0.5) is 4.39 Å². The monoisotopic (exact) mass is 332 g/mol. The number of piperidine rings is 1. The van der Waals surface area contributed by atoms with Crippen molar-refractivity contribution in [2.45, 2.75) is 57.4 Å². The average molecular weight is 333 g/mol. The van der Waals surface area contributed by atoms with Gasteiger partial charge in [0.05, 0.1) is 0 Å². The summed E-state index contributed by atoms with van der Waals surface area (Å²) in [5.41, 5.74) is 1.22. The van der Waals surface area contributed by atoms with Crippen molar-refractivity contribution in [3.63, 3.8) is 0 Å².